The number of carboxylic acids is 1. The molecule has 1 aliphatic rings. The normalized spacial score (nSPS) is 15.8. The number of thioether (sulfide) groups is 2. The van der Waals surface area contributed by atoms with Crippen LogP contribution in [0.4, 0.5) is 0 Å². The minimum Gasteiger partial charge on any atom is -0.493 e. The topological polar surface area (TPSA) is 97.2 Å². The molecule has 0 aromatic heterocycles. The lowest BCUT2D eigenvalue weighted by atomic mass is 10.2. The summed E-state index contributed by atoms with van der Waals surface area (Å²) in [6.45, 7) is 1.52. The zero-order chi connectivity index (χ0) is 19.2. The van der Waals surface area contributed by atoms with Crippen molar-refractivity contribution in [3.63, 3.8) is 0 Å². The van der Waals surface area contributed by atoms with Gasteiger partial charge in [-0.25, -0.2) is 10.2 Å². The molecule has 142 valence electrons. The van der Waals surface area contributed by atoms with Gasteiger partial charge in [-0.05, 0) is 24.6 Å². The molecule has 1 amide bonds. The second kappa shape index (κ2) is 9.38. The molecule has 1 fully saturated rings. The smallest absolute Gasteiger partial charge is 0.341 e. The molecule has 0 radical (unpaired) electrons. The highest BCUT2D eigenvalue weighted by Crippen LogP contribution is 2.45. The maximum atomic E-state index is 12.0. The van der Waals surface area contributed by atoms with E-state index in [-0.39, 0.29) is 26.5 Å². The number of hydrazone groups is 1. The van der Waals surface area contributed by atoms with Crippen molar-refractivity contribution in [3.8, 4) is 11.5 Å². The van der Waals surface area contributed by atoms with Crippen molar-refractivity contribution in [1.82, 2.24) is 5.43 Å². The Morgan fingerprint density at radius 1 is 1.42 bits per heavy atom. The van der Waals surface area contributed by atoms with Gasteiger partial charge in [0.1, 0.15) is 0 Å². The number of ether oxygens (including phenoxy) is 2. The minimum atomic E-state index is -1.12. The van der Waals surface area contributed by atoms with Gasteiger partial charge >= 0.3 is 5.97 Å². The summed E-state index contributed by atoms with van der Waals surface area (Å²) in [5.41, 5.74) is 3.08. The molecule has 10 heteroatoms. The Kier molecular flexibility index (Phi) is 7.48. The van der Waals surface area contributed by atoms with E-state index in [0.717, 1.165) is 11.5 Å². The molecule has 0 atom stereocenters. The summed E-state index contributed by atoms with van der Waals surface area (Å²) >= 11 is 9.67. The highest BCUT2D eigenvalue weighted by atomic mass is 35.5. The van der Waals surface area contributed by atoms with Crippen LogP contribution >= 0.6 is 35.1 Å². The fraction of sp³-hybridized carbons (Fsp3) is 0.438. The summed E-state index contributed by atoms with van der Waals surface area (Å²) < 4.78 is 10.2. The fourth-order valence-electron chi connectivity index (χ4n) is 2.26. The van der Waals surface area contributed by atoms with Crippen molar-refractivity contribution >= 4 is 53.2 Å². The van der Waals surface area contributed by atoms with Gasteiger partial charge in [0.15, 0.2) is 18.1 Å². The quantitative estimate of drug-likeness (QED) is 0.494. The van der Waals surface area contributed by atoms with E-state index < -0.39 is 12.6 Å². The lowest BCUT2D eigenvalue weighted by Crippen LogP contribution is -2.26. The molecule has 7 nitrogen and oxygen atoms in total. The molecular formula is C16H19ClN2O5S2. The zero-order valence-corrected chi connectivity index (χ0v) is 16.7. The number of halogens is 1. The number of methoxy groups -OCH3 is 1. The van der Waals surface area contributed by atoms with Crippen LogP contribution in [0.2, 0.25) is 5.02 Å². The Hall–Kier alpha value is -1.58. The van der Waals surface area contributed by atoms with Crippen molar-refractivity contribution in [3.05, 3.63) is 22.7 Å². The van der Waals surface area contributed by atoms with Crippen LogP contribution in [0.15, 0.2) is 17.2 Å². The third-order valence-electron chi connectivity index (χ3n) is 3.37. The fourth-order valence-corrected chi connectivity index (χ4v) is 5.36. The Balaban J connectivity index is 1.99. The monoisotopic (exact) mass is 418 g/mol. The molecule has 0 aliphatic carbocycles. The molecule has 1 aromatic carbocycles. The number of rotatable bonds is 8. The van der Waals surface area contributed by atoms with E-state index in [0.29, 0.717) is 12.0 Å². The number of nitrogens with one attached hydrogen (secondary N) is 1. The Labute approximate surface area is 164 Å². The maximum absolute atomic E-state index is 12.0. The first kappa shape index (κ1) is 20.7. The van der Waals surface area contributed by atoms with E-state index in [1.165, 1.54) is 13.3 Å². The Bertz CT molecular complexity index is 708. The van der Waals surface area contributed by atoms with Crippen molar-refractivity contribution < 1.29 is 24.2 Å². The molecule has 0 spiro atoms. The number of nitrogens with zero attached hydrogens (tertiary/aromatic N) is 1. The van der Waals surface area contributed by atoms with Gasteiger partial charge in [-0.1, -0.05) is 11.6 Å². The Morgan fingerprint density at radius 2 is 2.12 bits per heavy atom. The predicted molar refractivity (Wildman–Crippen MR) is 105 cm³/mol. The van der Waals surface area contributed by atoms with Crippen molar-refractivity contribution in [1.29, 1.82) is 0 Å². The van der Waals surface area contributed by atoms with Crippen molar-refractivity contribution in [2.45, 2.75) is 17.4 Å². The number of benzene rings is 1. The first-order valence-electron chi connectivity index (χ1n) is 7.65. The number of carboxylic acid groups (broad SMARTS) is 1. The third-order valence-corrected chi connectivity index (χ3v) is 6.95. The van der Waals surface area contributed by atoms with E-state index >= 15 is 0 Å². The first-order valence-corrected chi connectivity index (χ1v) is 10.00. The van der Waals surface area contributed by atoms with Gasteiger partial charge in [0, 0.05) is 11.5 Å². The average molecular weight is 419 g/mol. The number of amides is 1. The minimum absolute atomic E-state index is 0.102. The molecule has 0 bridgehead atoms. The summed E-state index contributed by atoms with van der Waals surface area (Å²) in [6.07, 6.45) is 1.82. The van der Waals surface area contributed by atoms with Crippen LogP contribution in [0.3, 0.4) is 0 Å². The Morgan fingerprint density at radius 3 is 2.73 bits per heavy atom. The van der Waals surface area contributed by atoms with E-state index in [9.17, 15) is 9.59 Å². The van der Waals surface area contributed by atoms with Crippen LogP contribution in [0, 0.1) is 0 Å². The summed E-state index contributed by atoms with van der Waals surface area (Å²) in [7, 11) is 1.42. The van der Waals surface area contributed by atoms with Gasteiger partial charge in [0.2, 0.25) is 5.91 Å². The standard InChI is InChI=1S/C16H19ClN2O5S2/c1-16(25-3-4-26-16)7-13(20)19-18-8-10-5-11(17)15(12(6-10)23-2)24-9-14(21)22/h5-6,8H,3-4,7,9H2,1-2H3,(H,19,20)(H,21,22)/b18-8-. The highest BCUT2D eigenvalue weighted by molar-refractivity contribution is 8.21. The van der Waals surface area contributed by atoms with Crippen molar-refractivity contribution in [2.75, 3.05) is 25.2 Å². The van der Waals surface area contributed by atoms with Crippen LogP contribution in [-0.4, -0.2) is 52.5 Å². The SMILES string of the molecule is COc1cc(/C=N\NC(=O)CC2(C)SCCS2)cc(Cl)c1OCC(=O)O. The lowest BCUT2D eigenvalue weighted by molar-refractivity contribution is -0.139. The number of hydrogen-bond donors (Lipinski definition) is 2. The molecule has 1 saturated heterocycles. The molecule has 1 aromatic rings. The average Bonchev–Trinajstić information content (AvgIpc) is 2.99. The first-order chi connectivity index (χ1) is 12.3. The summed E-state index contributed by atoms with van der Waals surface area (Å²) in [5.74, 6) is 1.23. The molecule has 0 unspecified atom stereocenters. The largest absolute Gasteiger partial charge is 0.493 e. The maximum Gasteiger partial charge on any atom is 0.341 e. The highest BCUT2D eigenvalue weighted by Gasteiger charge is 2.32. The van der Waals surface area contributed by atoms with Gasteiger partial charge in [0.05, 0.1) is 28.8 Å². The van der Waals surface area contributed by atoms with Crippen LogP contribution in [-0.2, 0) is 9.59 Å². The summed E-state index contributed by atoms with van der Waals surface area (Å²) in [5, 5.41) is 12.8. The van der Waals surface area contributed by atoms with Crippen LogP contribution in [0.25, 0.3) is 0 Å². The molecular weight excluding hydrogens is 400 g/mol. The zero-order valence-electron chi connectivity index (χ0n) is 14.3. The van der Waals surface area contributed by atoms with Crippen molar-refractivity contribution in [2.24, 2.45) is 5.10 Å². The van der Waals surface area contributed by atoms with Crippen LogP contribution in [0.1, 0.15) is 18.9 Å². The van der Waals surface area contributed by atoms with Gasteiger partial charge in [-0.2, -0.15) is 5.10 Å². The van der Waals surface area contributed by atoms with Gasteiger partial charge in [0.25, 0.3) is 0 Å². The summed E-state index contributed by atoms with van der Waals surface area (Å²) in [6, 6.07) is 3.13. The van der Waals surface area contributed by atoms with E-state index in [1.54, 1.807) is 35.7 Å². The van der Waals surface area contributed by atoms with E-state index in [4.69, 9.17) is 26.2 Å². The molecule has 2 rings (SSSR count). The van der Waals surface area contributed by atoms with E-state index in [1.807, 2.05) is 0 Å². The molecule has 2 N–H and O–H groups in total. The number of aliphatic carboxylic acids is 1. The second-order valence-corrected chi connectivity index (χ2v) is 9.38. The number of carbonyl (C=O) groups excluding carboxylic acids is 1. The predicted octanol–water partition coefficient (Wildman–Crippen LogP) is 2.85. The van der Waals surface area contributed by atoms with Crippen LogP contribution < -0.4 is 14.9 Å². The molecule has 26 heavy (non-hydrogen) atoms. The van der Waals surface area contributed by atoms with E-state index in [2.05, 4.69) is 17.5 Å². The molecule has 1 heterocycles. The lowest BCUT2D eigenvalue weighted by Gasteiger charge is -2.19. The molecule has 1 aliphatic heterocycles. The van der Waals surface area contributed by atoms with Crippen LogP contribution in [0.5, 0.6) is 11.5 Å². The number of hydrogen-bond acceptors (Lipinski definition) is 7. The molecule has 0 saturated carbocycles. The number of carbonyl (C=O) groups is 2. The second-order valence-electron chi connectivity index (χ2n) is 5.52. The summed E-state index contributed by atoms with van der Waals surface area (Å²) in [4.78, 5) is 22.6. The third kappa shape index (κ3) is 6.00. The van der Waals surface area contributed by atoms with Gasteiger partial charge in [-0.3, -0.25) is 4.79 Å². The van der Waals surface area contributed by atoms with Gasteiger partial charge < -0.3 is 14.6 Å². The van der Waals surface area contributed by atoms with Gasteiger partial charge in [-0.15, -0.1) is 23.5 Å².